The number of carbonyl (C=O) groups is 2. The van der Waals surface area contributed by atoms with Crippen molar-refractivity contribution in [2.75, 3.05) is 18.1 Å². The molecule has 1 fully saturated rings. The fraction of sp³-hybridized carbons (Fsp3) is 0.800. The van der Waals surface area contributed by atoms with Crippen molar-refractivity contribution in [1.82, 2.24) is 4.90 Å². The van der Waals surface area contributed by atoms with Gasteiger partial charge in [-0.25, -0.2) is 0 Å². The molecule has 0 aromatic heterocycles. The Bertz CT molecular complexity index is 323. The van der Waals surface area contributed by atoms with Gasteiger partial charge in [0.2, 0.25) is 5.12 Å². The summed E-state index contributed by atoms with van der Waals surface area (Å²) in [5.41, 5.74) is 0. The molecule has 0 spiro atoms. The van der Waals surface area contributed by atoms with Gasteiger partial charge in [0, 0.05) is 12.3 Å². The first-order chi connectivity index (χ1) is 8.38. The monoisotopic (exact) mass is 301 g/mol. The van der Waals surface area contributed by atoms with Crippen molar-refractivity contribution in [1.29, 1.82) is 0 Å². The molecule has 1 aliphatic heterocycles. The number of likely N-dealkylation sites (tertiary alicyclic amines) is 1. The summed E-state index contributed by atoms with van der Waals surface area (Å²) in [6.45, 7) is 0.00186. The zero-order valence-corrected chi connectivity index (χ0v) is 11.3. The Balaban J connectivity index is 2.59. The highest BCUT2D eigenvalue weighted by Gasteiger charge is 2.47. The third kappa shape index (κ3) is 4.08. The van der Waals surface area contributed by atoms with Crippen molar-refractivity contribution < 1.29 is 22.8 Å². The molecule has 0 saturated carbocycles. The van der Waals surface area contributed by atoms with Crippen molar-refractivity contribution in [2.24, 2.45) is 0 Å². The summed E-state index contributed by atoms with van der Waals surface area (Å²) < 4.78 is 37.0. The topological polar surface area (TPSA) is 37.4 Å². The van der Waals surface area contributed by atoms with Gasteiger partial charge < -0.3 is 4.90 Å². The van der Waals surface area contributed by atoms with Gasteiger partial charge in [0.05, 0.1) is 0 Å². The average Bonchev–Trinajstić information content (AvgIpc) is 2.75. The summed E-state index contributed by atoms with van der Waals surface area (Å²) in [7, 11) is 0. The first-order valence-corrected chi connectivity index (χ1v) is 7.15. The number of carbonyl (C=O) groups excluding carboxylic acids is 2. The molecule has 1 saturated heterocycles. The summed E-state index contributed by atoms with van der Waals surface area (Å²) in [4.78, 5) is 23.5. The maximum Gasteiger partial charge on any atom is 0.471 e. The molecule has 1 unspecified atom stereocenters. The second-order valence-electron chi connectivity index (χ2n) is 3.90. The van der Waals surface area contributed by atoms with Crippen LogP contribution in [0.15, 0.2) is 0 Å². The van der Waals surface area contributed by atoms with Gasteiger partial charge in [0.1, 0.15) is 6.04 Å². The first-order valence-electron chi connectivity index (χ1n) is 5.53. The highest BCUT2D eigenvalue weighted by molar-refractivity contribution is 8.13. The maximum absolute atomic E-state index is 12.3. The number of amides is 1. The van der Waals surface area contributed by atoms with Crippen LogP contribution in [-0.2, 0) is 9.59 Å². The highest BCUT2D eigenvalue weighted by Crippen LogP contribution is 2.28. The third-order valence-electron chi connectivity index (χ3n) is 2.58. The molecule has 1 amide bonds. The normalized spacial score (nSPS) is 20.2. The zero-order valence-electron chi connectivity index (χ0n) is 9.57. The number of thiol groups is 1. The predicted octanol–water partition coefficient (Wildman–Crippen LogP) is 2.12. The maximum atomic E-state index is 12.3. The Kier molecular flexibility index (Phi) is 5.84. The van der Waals surface area contributed by atoms with Crippen LogP contribution in [0.1, 0.15) is 19.3 Å². The van der Waals surface area contributed by atoms with Gasteiger partial charge in [-0.3, -0.25) is 9.59 Å². The van der Waals surface area contributed by atoms with Crippen molar-refractivity contribution in [3.63, 3.8) is 0 Å². The van der Waals surface area contributed by atoms with E-state index in [2.05, 4.69) is 12.6 Å². The molecule has 1 aliphatic rings. The number of rotatable bonds is 4. The quantitative estimate of drug-likeness (QED) is 0.638. The lowest BCUT2D eigenvalue weighted by Crippen LogP contribution is -2.46. The minimum Gasteiger partial charge on any atom is -0.324 e. The Labute approximate surface area is 113 Å². The van der Waals surface area contributed by atoms with Crippen LogP contribution in [0.3, 0.4) is 0 Å². The van der Waals surface area contributed by atoms with E-state index in [4.69, 9.17) is 0 Å². The van der Waals surface area contributed by atoms with Crippen LogP contribution in [0.4, 0.5) is 13.2 Å². The number of hydrogen-bond donors (Lipinski definition) is 1. The fourth-order valence-corrected chi connectivity index (χ4v) is 3.05. The van der Waals surface area contributed by atoms with Crippen molar-refractivity contribution in [3.05, 3.63) is 0 Å². The molecule has 8 heteroatoms. The van der Waals surface area contributed by atoms with Crippen LogP contribution in [0.5, 0.6) is 0 Å². The van der Waals surface area contributed by atoms with Crippen LogP contribution >= 0.6 is 24.4 Å². The van der Waals surface area contributed by atoms with Crippen LogP contribution in [0.2, 0.25) is 0 Å². The van der Waals surface area contributed by atoms with E-state index in [1.807, 2.05) is 0 Å². The standard InChI is InChI=1S/C10H14F3NO2S2/c11-10(12,13)9(16)14-4-1-3-7(14)8(15)18-6-2-5-17/h7,17H,1-6H2. The second kappa shape index (κ2) is 6.70. The molecule has 0 aromatic rings. The third-order valence-corrected chi connectivity index (χ3v) is 3.94. The molecular formula is C10H14F3NO2S2. The minimum absolute atomic E-state index is 0.00186. The Morgan fingerprint density at radius 3 is 2.61 bits per heavy atom. The molecule has 0 radical (unpaired) electrons. The van der Waals surface area contributed by atoms with E-state index < -0.39 is 18.1 Å². The van der Waals surface area contributed by atoms with Crippen LogP contribution in [-0.4, -0.2) is 46.2 Å². The van der Waals surface area contributed by atoms with E-state index in [1.54, 1.807) is 0 Å². The number of nitrogens with zero attached hydrogens (tertiary/aromatic N) is 1. The molecule has 0 bridgehead atoms. The first kappa shape index (κ1) is 15.7. The van der Waals surface area contributed by atoms with E-state index in [9.17, 15) is 22.8 Å². The molecule has 104 valence electrons. The van der Waals surface area contributed by atoms with Gasteiger partial charge in [-0.1, -0.05) is 11.8 Å². The fourth-order valence-electron chi connectivity index (χ4n) is 1.75. The highest BCUT2D eigenvalue weighted by atomic mass is 32.2. The van der Waals surface area contributed by atoms with Crippen molar-refractivity contribution in [3.8, 4) is 0 Å². The Morgan fingerprint density at radius 1 is 1.39 bits per heavy atom. The molecule has 1 heterocycles. The summed E-state index contributed by atoms with van der Waals surface area (Å²) >= 11 is 4.96. The molecule has 18 heavy (non-hydrogen) atoms. The van der Waals surface area contributed by atoms with E-state index in [0.717, 1.165) is 11.8 Å². The SMILES string of the molecule is O=C(SCCCS)C1CCCN1C(=O)C(F)(F)F. The molecule has 0 N–H and O–H groups in total. The van der Waals surface area contributed by atoms with Crippen LogP contribution < -0.4 is 0 Å². The molecule has 3 nitrogen and oxygen atoms in total. The summed E-state index contributed by atoms with van der Waals surface area (Å²) in [6.07, 6.45) is -3.45. The lowest BCUT2D eigenvalue weighted by atomic mass is 10.2. The zero-order chi connectivity index (χ0) is 13.8. The van der Waals surface area contributed by atoms with E-state index in [1.165, 1.54) is 0 Å². The van der Waals surface area contributed by atoms with Crippen molar-refractivity contribution >= 4 is 35.4 Å². The second-order valence-corrected chi connectivity index (χ2v) is 5.45. The molecule has 0 aliphatic carbocycles. The summed E-state index contributed by atoms with van der Waals surface area (Å²) in [5.74, 6) is -0.767. The Morgan fingerprint density at radius 2 is 2.06 bits per heavy atom. The molecule has 1 rings (SSSR count). The summed E-state index contributed by atoms with van der Waals surface area (Å²) in [6, 6.07) is -0.927. The van der Waals surface area contributed by atoms with E-state index >= 15 is 0 Å². The largest absolute Gasteiger partial charge is 0.471 e. The molecule has 0 aromatic carbocycles. The van der Waals surface area contributed by atoms with E-state index in [0.29, 0.717) is 35.7 Å². The van der Waals surface area contributed by atoms with Gasteiger partial charge >= 0.3 is 12.1 Å². The van der Waals surface area contributed by atoms with Gasteiger partial charge in [-0.2, -0.15) is 25.8 Å². The number of hydrogen-bond acceptors (Lipinski definition) is 4. The van der Waals surface area contributed by atoms with Gasteiger partial charge in [-0.05, 0) is 25.0 Å². The number of thioether (sulfide) groups is 1. The van der Waals surface area contributed by atoms with Crippen LogP contribution in [0, 0.1) is 0 Å². The lowest BCUT2D eigenvalue weighted by Gasteiger charge is -2.24. The number of alkyl halides is 3. The number of halogens is 3. The average molecular weight is 301 g/mol. The van der Waals surface area contributed by atoms with E-state index in [-0.39, 0.29) is 11.7 Å². The van der Waals surface area contributed by atoms with Gasteiger partial charge in [-0.15, -0.1) is 0 Å². The smallest absolute Gasteiger partial charge is 0.324 e. The molecular weight excluding hydrogens is 287 g/mol. The van der Waals surface area contributed by atoms with Crippen molar-refractivity contribution in [2.45, 2.75) is 31.5 Å². The minimum atomic E-state index is -4.90. The van der Waals surface area contributed by atoms with Crippen LogP contribution in [0.25, 0.3) is 0 Å². The van der Waals surface area contributed by atoms with Gasteiger partial charge in [0.15, 0.2) is 0 Å². The Hall–Kier alpha value is -0.370. The predicted molar refractivity (Wildman–Crippen MR) is 66.7 cm³/mol. The summed E-state index contributed by atoms with van der Waals surface area (Å²) in [5, 5.41) is -0.355. The van der Waals surface area contributed by atoms with Gasteiger partial charge in [0.25, 0.3) is 0 Å². The lowest BCUT2D eigenvalue weighted by molar-refractivity contribution is -0.186. The molecule has 1 atom stereocenters.